The summed E-state index contributed by atoms with van der Waals surface area (Å²) in [5.74, 6) is -3.78. The zero-order chi connectivity index (χ0) is 10.8. The number of hydrogen-bond donors (Lipinski definition) is 1. The van der Waals surface area contributed by atoms with E-state index < -0.39 is 26.7 Å². The van der Waals surface area contributed by atoms with Gasteiger partial charge in [-0.05, 0) is 6.92 Å². The van der Waals surface area contributed by atoms with E-state index in [0.717, 1.165) is 0 Å². The molecule has 0 rings (SSSR count). The molecule has 0 amide bonds. The number of rotatable bonds is 4. The summed E-state index contributed by atoms with van der Waals surface area (Å²) in [4.78, 5) is 25.1. The molecule has 0 aliphatic rings. The molecule has 0 aromatic carbocycles. The van der Waals surface area contributed by atoms with Crippen molar-refractivity contribution in [1.82, 2.24) is 0 Å². The number of nitrogens with zero attached hydrogens (tertiary/aromatic N) is 3. The van der Waals surface area contributed by atoms with Crippen LogP contribution in [0.25, 0.3) is 0 Å². The maximum Gasteiger partial charge on any atom is 0.725 e. The molecule has 1 N–H and O–H groups in total. The van der Waals surface area contributed by atoms with E-state index in [1.54, 1.807) is 0 Å². The van der Waals surface area contributed by atoms with Gasteiger partial charge in [0, 0.05) is 0 Å². The molecule has 0 fully saturated rings. The van der Waals surface area contributed by atoms with Gasteiger partial charge in [-0.2, -0.15) is 0 Å². The lowest BCUT2D eigenvalue weighted by Crippen LogP contribution is -2.60. The highest BCUT2D eigenvalue weighted by Crippen LogP contribution is 2.16. The van der Waals surface area contributed by atoms with Crippen LogP contribution in [-0.4, -0.2) is 31.8 Å². The van der Waals surface area contributed by atoms with Crippen molar-refractivity contribution in [3.63, 3.8) is 0 Å². The first kappa shape index (κ1) is 11.2. The molecule has 1 unspecified atom stereocenters. The van der Waals surface area contributed by atoms with Crippen molar-refractivity contribution in [2.75, 3.05) is 0 Å². The van der Waals surface area contributed by atoms with Crippen LogP contribution in [0.1, 0.15) is 6.92 Å². The molecule has 13 heavy (non-hydrogen) atoms. The molecule has 10 nitrogen and oxygen atoms in total. The van der Waals surface area contributed by atoms with Crippen LogP contribution in [-0.2, 0) is 0 Å². The van der Waals surface area contributed by atoms with Crippen LogP contribution in [0.5, 0.6) is 0 Å². The molecule has 0 saturated heterocycles. The fraction of sp³-hybridized carbons (Fsp3) is 1.00. The van der Waals surface area contributed by atoms with Gasteiger partial charge in [-0.3, -0.25) is 30.3 Å². The predicted octanol–water partition coefficient (Wildman–Crippen LogP) is -1.15. The van der Waals surface area contributed by atoms with Gasteiger partial charge in [-0.1, -0.05) is 0 Å². The highest BCUT2D eigenvalue weighted by Gasteiger charge is 2.74. The van der Waals surface area contributed by atoms with E-state index in [1.807, 2.05) is 0 Å². The van der Waals surface area contributed by atoms with Crippen molar-refractivity contribution in [1.29, 1.82) is 0 Å². The van der Waals surface area contributed by atoms with Crippen molar-refractivity contribution in [2.24, 2.45) is 0 Å². The van der Waals surface area contributed by atoms with Crippen LogP contribution in [0.15, 0.2) is 0 Å². The third-order valence-electron chi connectivity index (χ3n) is 1.37. The molecule has 1 atom stereocenters. The van der Waals surface area contributed by atoms with Crippen molar-refractivity contribution >= 4 is 0 Å². The van der Waals surface area contributed by atoms with Crippen LogP contribution < -0.4 is 0 Å². The zero-order valence-electron chi connectivity index (χ0n) is 6.32. The van der Waals surface area contributed by atoms with E-state index in [4.69, 9.17) is 5.11 Å². The summed E-state index contributed by atoms with van der Waals surface area (Å²) in [5, 5.41) is 39.0. The molecule has 74 valence electrons. The molecular formula is C3H5N3O7. The monoisotopic (exact) mass is 195 g/mol. The molecular weight excluding hydrogens is 190 g/mol. The molecule has 10 heteroatoms. The summed E-state index contributed by atoms with van der Waals surface area (Å²) >= 11 is 0. The quantitative estimate of drug-likeness (QED) is 0.338. The van der Waals surface area contributed by atoms with Gasteiger partial charge < -0.3 is 5.11 Å². The van der Waals surface area contributed by atoms with Crippen molar-refractivity contribution in [3.8, 4) is 0 Å². The van der Waals surface area contributed by atoms with E-state index in [0.29, 0.717) is 6.92 Å². The Hall–Kier alpha value is -1.84. The molecule has 0 saturated carbocycles. The minimum atomic E-state index is -3.78. The van der Waals surface area contributed by atoms with Gasteiger partial charge in [0.25, 0.3) is 6.10 Å². The second kappa shape index (κ2) is 3.26. The molecule has 0 aromatic rings. The van der Waals surface area contributed by atoms with Gasteiger partial charge in [0.2, 0.25) is 0 Å². The van der Waals surface area contributed by atoms with Gasteiger partial charge in [0.15, 0.2) is 14.8 Å². The first-order chi connectivity index (χ1) is 5.77. The lowest BCUT2D eigenvalue weighted by atomic mass is 10.2. The fourth-order valence-electron chi connectivity index (χ4n) is 0.658. The Morgan fingerprint density at radius 1 is 1.08 bits per heavy atom. The predicted molar refractivity (Wildman–Crippen MR) is 35.4 cm³/mol. The topological polar surface area (TPSA) is 150 Å². The SMILES string of the molecule is CC(O)C([N+](=O)[O-])([N+](=O)[O-])[N+](=O)[O-]. The minimum absolute atomic E-state index is 0.606. The van der Waals surface area contributed by atoms with E-state index in [1.165, 1.54) is 0 Å². The number of hydrogen-bond acceptors (Lipinski definition) is 7. The highest BCUT2D eigenvalue weighted by atomic mass is 16.7. The Balaban J connectivity index is 5.46. The average molecular weight is 195 g/mol. The van der Waals surface area contributed by atoms with Gasteiger partial charge in [0.1, 0.15) is 0 Å². The van der Waals surface area contributed by atoms with Crippen LogP contribution in [0, 0.1) is 30.3 Å². The first-order valence-electron chi connectivity index (χ1n) is 2.89. The molecule has 0 radical (unpaired) electrons. The van der Waals surface area contributed by atoms with Gasteiger partial charge in [0.05, 0.1) is 0 Å². The summed E-state index contributed by atoms with van der Waals surface area (Å²) in [7, 11) is 0. The Morgan fingerprint density at radius 3 is 1.31 bits per heavy atom. The van der Waals surface area contributed by atoms with Crippen LogP contribution in [0.4, 0.5) is 0 Å². The first-order valence-corrected chi connectivity index (χ1v) is 2.89. The largest absolute Gasteiger partial charge is 0.725 e. The molecule has 0 aromatic heterocycles. The standard InChI is InChI=1S/C3H5N3O7/c1-2(7)3(4(8)9,5(10)11)6(12)13/h2,7H,1H3. The normalized spacial score (nSPS) is 13.4. The third kappa shape index (κ3) is 1.38. The van der Waals surface area contributed by atoms with Crippen LogP contribution in [0.2, 0.25) is 0 Å². The maximum atomic E-state index is 10.1. The number of nitro groups is 3. The highest BCUT2D eigenvalue weighted by molar-refractivity contribution is 4.60. The second-order valence-corrected chi connectivity index (χ2v) is 2.13. The van der Waals surface area contributed by atoms with Gasteiger partial charge >= 0.3 is 5.79 Å². The Morgan fingerprint density at radius 2 is 1.31 bits per heavy atom. The van der Waals surface area contributed by atoms with Gasteiger partial charge in [-0.15, -0.1) is 0 Å². The van der Waals surface area contributed by atoms with Crippen molar-refractivity contribution < 1.29 is 19.9 Å². The second-order valence-electron chi connectivity index (χ2n) is 2.13. The number of aliphatic hydroxyl groups is 1. The van der Waals surface area contributed by atoms with E-state index in [9.17, 15) is 30.3 Å². The summed E-state index contributed by atoms with van der Waals surface area (Å²) < 4.78 is 0. The van der Waals surface area contributed by atoms with E-state index in [-0.39, 0.29) is 0 Å². The Bertz CT molecular complexity index is 224. The zero-order valence-corrected chi connectivity index (χ0v) is 6.32. The molecule has 0 bridgehead atoms. The maximum absolute atomic E-state index is 10.1. The summed E-state index contributed by atoms with van der Waals surface area (Å²) in [6.45, 7) is 0.606. The molecule has 0 heterocycles. The Kier molecular flexibility index (Phi) is 2.80. The summed E-state index contributed by atoms with van der Waals surface area (Å²) in [6, 6.07) is 0. The molecule has 0 aliphatic heterocycles. The Labute approximate surface area is 70.2 Å². The lowest BCUT2D eigenvalue weighted by molar-refractivity contribution is -0.976. The van der Waals surface area contributed by atoms with E-state index in [2.05, 4.69) is 0 Å². The summed E-state index contributed by atoms with van der Waals surface area (Å²) in [6.07, 6.45) is -2.33. The van der Waals surface area contributed by atoms with Crippen molar-refractivity contribution in [3.05, 3.63) is 30.3 Å². The fourth-order valence-corrected chi connectivity index (χ4v) is 0.658. The summed E-state index contributed by atoms with van der Waals surface area (Å²) in [5.41, 5.74) is 0. The van der Waals surface area contributed by atoms with Gasteiger partial charge in [-0.25, -0.2) is 0 Å². The lowest BCUT2D eigenvalue weighted by Gasteiger charge is -2.09. The van der Waals surface area contributed by atoms with Crippen LogP contribution in [0.3, 0.4) is 0 Å². The smallest absolute Gasteiger partial charge is 0.373 e. The molecule has 0 spiro atoms. The average Bonchev–Trinajstić information content (AvgIpc) is 1.82. The van der Waals surface area contributed by atoms with E-state index >= 15 is 0 Å². The third-order valence-corrected chi connectivity index (χ3v) is 1.37. The van der Waals surface area contributed by atoms with Crippen molar-refractivity contribution in [2.45, 2.75) is 18.8 Å². The molecule has 0 aliphatic carbocycles. The number of aliphatic hydroxyl groups excluding tert-OH is 1. The minimum Gasteiger partial charge on any atom is -0.373 e. The van der Waals surface area contributed by atoms with Crippen LogP contribution >= 0.6 is 0 Å².